The summed E-state index contributed by atoms with van der Waals surface area (Å²) in [4.78, 5) is 36.4. The van der Waals surface area contributed by atoms with E-state index < -0.39 is 29.7 Å². The normalized spacial score (nSPS) is 19.1. The lowest BCUT2D eigenvalue weighted by Crippen LogP contribution is -2.44. The number of rotatable bonds is 6. The second-order valence-electron chi connectivity index (χ2n) is 5.47. The maximum atomic E-state index is 12.6. The first-order chi connectivity index (χ1) is 12.9. The highest BCUT2D eigenvalue weighted by molar-refractivity contribution is 8.03. The highest BCUT2D eigenvalue weighted by atomic mass is 35.5. The Morgan fingerprint density at radius 1 is 1.33 bits per heavy atom. The molecule has 2 atom stereocenters. The average Bonchev–Trinajstić information content (AvgIpc) is 2.66. The van der Waals surface area contributed by atoms with Crippen LogP contribution in [0.25, 0.3) is 0 Å². The van der Waals surface area contributed by atoms with Gasteiger partial charge in [0.25, 0.3) is 0 Å². The van der Waals surface area contributed by atoms with E-state index in [2.05, 4.69) is 11.4 Å². The van der Waals surface area contributed by atoms with E-state index in [-0.39, 0.29) is 23.0 Å². The van der Waals surface area contributed by atoms with Crippen LogP contribution in [0, 0.1) is 17.2 Å². The maximum Gasteiger partial charge on any atom is 0.319 e. The third-order valence-corrected chi connectivity index (χ3v) is 5.10. The number of hydrogen-bond acceptors (Lipinski definition) is 7. The van der Waals surface area contributed by atoms with Gasteiger partial charge in [0.2, 0.25) is 5.91 Å². The summed E-state index contributed by atoms with van der Waals surface area (Å²) < 4.78 is 9.62. The molecule has 0 saturated carbocycles. The van der Waals surface area contributed by atoms with Crippen molar-refractivity contribution in [2.24, 2.45) is 5.92 Å². The van der Waals surface area contributed by atoms with Gasteiger partial charge in [-0.2, -0.15) is 5.26 Å². The van der Waals surface area contributed by atoms with Crippen molar-refractivity contribution in [1.82, 2.24) is 5.32 Å². The standard InChI is InChI=1S/C18H17ClN2O5S/c1-3-26-13(22)9-27-17-12(8-20)14(10-4-6-11(19)7-5-10)15(16(23)21-17)18(24)25-2/h4-7,14-15H,3,9H2,1-2H3,(H,21,23)/t14?,15-/m1/s1. The quantitative estimate of drug-likeness (QED) is 0.569. The number of thioether (sulfide) groups is 1. The van der Waals surface area contributed by atoms with Gasteiger partial charge < -0.3 is 14.8 Å². The molecule has 1 unspecified atom stereocenters. The van der Waals surface area contributed by atoms with Crippen molar-refractivity contribution in [3.63, 3.8) is 0 Å². The van der Waals surface area contributed by atoms with Crippen LogP contribution in [-0.4, -0.2) is 37.3 Å². The molecule has 0 bridgehead atoms. The fourth-order valence-electron chi connectivity index (χ4n) is 2.68. The van der Waals surface area contributed by atoms with Gasteiger partial charge in [-0.3, -0.25) is 14.4 Å². The molecule has 1 N–H and O–H groups in total. The summed E-state index contributed by atoms with van der Waals surface area (Å²) in [5.74, 6) is -3.98. The summed E-state index contributed by atoms with van der Waals surface area (Å²) in [6.45, 7) is 1.91. The third-order valence-electron chi connectivity index (χ3n) is 3.85. The van der Waals surface area contributed by atoms with Crippen molar-refractivity contribution in [1.29, 1.82) is 5.26 Å². The summed E-state index contributed by atoms with van der Waals surface area (Å²) >= 11 is 6.89. The molecule has 1 aliphatic heterocycles. The predicted molar refractivity (Wildman–Crippen MR) is 99.6 cm³/mol. The summed E-state index contributed by atoms with van der Waals surface area (Å²) in [5, 5.41) is 12.9. The van der Waals surface area contributed by atoms with Crippen LogP contribution in [0.3, 0.4) is 0 Å². The minimum absolute atomic E-state index is 0.0785. The van der Waals surface area contributed by atoms with E-state index in [0.29, 0.717) is 10.6 Å². The lowest BCUT2D eigenvalue weighted by molar-refractivity contribution is -0.150. The van der Waals surface area contributed by atoms with Crippen LogP contribution >= 0.6 is 23.4 Å². The molecule has 1 aromatic rings. The van der Waals surface area contributed by atoms with Crippen LogP contribution in [0.2, 0.25) is 5.02 Å². The predicted octanol–water partition coefficient (Wildman–Crippen LogP) is 2.37. The van der Waals surface area contributed by atoms with Gasteiger partial charge in [0.1, 0.15) is 5.92 Å². The number of halogens is 1. The second kappa shape index (κ2) is 9.44. The zero-order valence-corrected chi connectivity index (χ0v) is 16.2. The van der Waals surface area contributed by atoms with E-state index >= 15 is 0 Å². The Hall–Kier alpha value is -2.50. The fourth-order valence-corrected chi connectivity index (χ4v) is 3.66. The molecule has 9 heteroatoms. The Morgan fingerprint density at radius 2 is 2.00 bits per heavy atom. The number of methoxy groups -OCH3 is 1. The lowest BCUT2D eigenvalue weighted by Gasteiger charge is -2.30. The van der Waals surface area contributed by atoms with Crippen LogP contribution < -0.4 is 5.32 Å². The Kier molecular flexibility index (Phi) is 7.28. The highest BCUT2D eigenvalue weighted by Crippen LogP contribution is 2.40. The van der Waals surface area contributed by atoms with Gasteiger partial charge in [0.15, 0.2) is 0 Å². The van der Waals surface area contributed by atoms with E-state index in [9.17, 15) is 19.6 Å². The third kappa shape index (κ3) is 4.81. The minimum Gasteiger partial charge on any atom is -0.468 e. The molecule has 0 saturated heterocycles. The van der Waals surface area contributed by atoms with Crippen LogP contribution in [-0.2, 0) is 23.9 Å². The SMILES string of the molecule is CCOC(=O)CSC1=C(C#N)C(c2ccc(Cl)cc2)[C@@H](C(=O)OC)C(=O)N1. The average molecular weight is 409 g/mol. The second-order valence-corrected chi connectivity index (χ2v) is 6.89. The molecule has 142 valence electrons. The molecule has 1 aliphatic rings. The van der Waals surface area contributed by atoms with E-state index in [4.69, 9.17) is 21.1 Å². The van der Waals surface area contributed by atoms with Crippen molar-refractivity contribution >= 4 is 41.2 Å². The smallest absolute Gasteiger partial charge is 0.319 e. The molecule has 27 heavy (non-hydrogen) atoms. The number of carbonyl (C=O) groups is 3. The first-order valence-electron chi connectivity index (χ1n) is 7.99. The molecule has 1 heterocycles. The van der Waals surface area contributed by atoms with Crippen LogP contribution in [0.1, 0.15) is 18.4 Å². The Balaban J connectivity index is 2.48. The van der Waals surface area contributed by atoms with Crippen molar-refractivity contribution in [2.45, 2.75) is 12.8 Å². The molecule has 2 rings (SSSR count). The number of nitrogens with zero attached hydrogens (tertiary/aromatic N) is 1. The Bertz CT molecular complexity index is 816. The molecule has 7 nitrogen and oxygen atoms in total. The van der Waals surface area contributed by atoms with Crippen molar-refractivity contribution < 1.29 is 23.9 Å². The van der Waals surface area contributed by atoms with E-state index in [1.165, 1.54) is 7.11 Å². The van der Waals surface area contributed by atoms with E-state index in [1.54, 1.807) is 31.2 Å². The van der Waals surface area contributed by atoms with Crippen LogP contribution in [0.5, 0.6) is 0 Å². The number of carbonyl (C=O) groups excluding carboxylic acids is 3. The number of ether oxygens (including phenoxy) is 2. The summed E-state index contributed by atoms with van der Waals surface area (Å²) in [7, 11) is 1.18. The van der Waals surface area contributed by atoms with Gasteiger partial charge in [0, 0.05) is 10.9 Å². The van der Waals surface area contributed by atoms with Gasteiger partial charge >= 0.3 is 11.9 Å². The molecule has 0 spiro atoms. The molecular formula is C18H17ClN2O5S. The van der Waals surface area contributed by atoms with Gasteiger partial charge in [-0.05, 0) is 24.6 Å². The number of nitriles is 1. The van der Waals surface area contributed by atoms with E-state index in [0.717, 1.165) is 11.8 Å². The number of allylic oxidation sites excluding steroid dienone is 1. The molecule has 0 radical (unpaired) electrons. The monoisotopic (exact) mass is 408 g/mol. The number of amides is 1. The van der Waals surface area contributed by atoms with Gasteiger partial charge in [0.05, 0.1) is 36.1 Å². The first-order valence-corrected chi connectivity index (χ1v) is 9.36. The fraction of sp³-hybridized carbons (Fsp3) is 0.333. The number of hydrogen-bond donors (Lipinski definition) is 1. The minimum atomic E-state index is -1.22. The molecule has 1 aromatic carbocycles. The molecule has 0 fully saturated rings. The topological polar surface area (TPSA) is 105 Å². The van der Waals surface area contributed by atoms with Crippen molar-refractivity contribution in [2.75, 3.05) is 19.5 Å². The molecule has 0 aliphatic carbocycles. The van der Waals surface area contributed by atoms with Crippen molar-refractivity contribution in [3.8, 4) is 6.07 Å². The van der Waals surface area contributed by atoms with E-state index in [1.807, 2.05) is 0 Å². The summed E-state index contributed by atoms with van der Waals surface area (Å²) in [5.41, 5.74) is 0.733. The molecule has 0 aromatic heterocycles. The van der Waals surface area contributed by atoms with Crippen molar-refractivity contribution in [3.05, 3.63) is 45.5 Å². The van der Waals surface area contributed by atoms with Gasteiger partial charge in [-0.25, -0.2) is 0 Å². The maximum absolute atomic E-state index is 12.6. The summed E-state index contributed by atoms with van der Waals surface area (Å²) in [6, 6.07) is 8.56. The highest BCUT2D eigenvalue weighted by Gasteiger charge is 2.44. The van der Waals surface area contributed by atoms with Crippen LogP contribution in [0.15, 0.2) is 34.9 Å². The number of benzene rings is 1. The lowest BCUT2D eigenvalue weighted by atomic mass is 9.78. The van der Waals surface area contributed by atoms with Gasteiger partial charge in [-0.15, -0.1) is 0 Å². The van der Waals surface area contributed by atoms with Crippen LogP contribution in [0.4, 0.5) is 0 Å². The molecule has 1 amide bonds. The van der Waals surface area contributed by atoms with Gasteiger partial charge in [-0.1, -0.05) is 35.5 Å². The first kappa shape index (κ1) is 20.8. The summed E-state index contributed by atoms with van der Waals surface area (Å²) in [6.07, 6.45) is 0. The Labute approximate surface area is 165 Å². The zero-order chi connectivity index (χ0) is 20.0. The number of esters is 2. The zero-order valence-electron chi connectivity index (χ0n) is 14.7. The molecular weight excluding hydrogens is 392 g/mol. The largest absolute Gasteiger partial charge is 0.468 e. The Morgan fingerprint density at radius 3 is 2.56 bits per heavy atom. The number of nitrogens with one attached hydrogen (secondary N) is 1.